The summed E-state index contributed by atoms with van der Waals surface area (Å²) in [5.74, 6) is 0.0258. The van der Waals surface area contributed by atoms with E-state index in [9.17, 15) is 9.59 Å². The molecule has 0 spiro atoms. The van der Waals surface area contributed by atoms with Gasteiger partial charge in [-0.25, -0.2) is 0 Å². The third-order valence-electron chi connectivity index (χ3n) is 2.59. The lowest BCUT2D eigenvalue weighted by Crippen LogP contribution is -2.16. The number of carbonyl (C=O) groups excluding carboxylic acids is 2. The highest BCUT2D eigenvalue weighted by Crippen LogP contribution is 2.26. The Kier molecular flexibility index (Phi) is 8.88. The summed E-state index contributed by atoms with van der Waals surface area (Å²) in [6.07, 6.45) is 3.47. The molecule has 0 amide bonds. The number of hydrogen-bond acceptors (Lipinski definition) is 5. The molecule has 0 aromatic rings. The van der Waals surface area contributed by atoms with E-state index in [-0.39, 0.29) is 43.4 Å². The van der Waals surface area contributed by atoms with E-state index in [2.05, 4.69) is 0 Å². The summed E-state index contributed by atoms with van der Waals surface area (Å²) in [6, 6.07) is 0. The average Bonchev–Trinajstić information content (AvgIpc) is 2.37. The van der Waals surface area contributed by atoms with E-state index in [4.69, 9.17) is 14.6 Å². The Morgan fingerprint density at radius 2 is 1.65 bits per heavy atom. The molecule has 0 aliphatic heterocycles. The van der Waals surface area contributed by atoms with Crippen molar-refractivity contribution in [2.75, 3.05) is 13.2 Å². The van der Waals surface area contributed by atoms with Gasteiger partial charge in [0.15, 0.2) is 0 Å². The fourth-order valence-electron chi connectivity index (χ4n) is 1.59. The van der Waals surface area contributed by atoms with Crippen molar-refractivity contribution in [2.45, 2.75) is 53.4 Å². The molecule has 0 aliphatic rings. The van der Waals surface area contributed by atoms with Crippen LogP contribution in [0, 0.1) is 5.41 Å². The lowest BCUT2D eigenvalue weighted by atomic mass is 9.93. The van der Waals surface area contributed by atoms with Crippen LogP contribution in [0.5, 0.6) is 0 Å². The Morgan fingerprint density at radius 3 is 2.10 bits per heavy atom. The van der Waals surface area contributed by atoms with Crippen molar-refractivity contribution in [1.82, 2.24) is 0 Å². The lowest BCUT2D eigenvalue weighted by molar-refractivity contribution is -0.145. The molecule has 116 valence electrons. The molecule has 0 aromatic heterocycles. The van der Waals surface area contributed by atoms with Gasteiger partial charge in [-0.15, -0.1) is 0 Å². The van der Waals surface area contributed by atoms with E-state index in [1.54, 1.807) is 6.08 Å². The van der Waals surface area contributed by atoms with E-state index in [0.29, 0.717) is 18.6 Å². The van der Waals surface area contributed by atoms with Crippen LogP contribution >= 0.6 is 0 Å². The summed E-state index contributed by atoms with van der Waals surface area (Å²) in [4.78, 5) is 22.8. The Bertz CT molecular complexity index is 339. The average molecular weight is 286 g/mol. The fourth-order valence-corrected chi connectivity index (χ4v) is 1.59. The molecule has 0 rings (SSSR count). The maximum absolute atomic E-state index is 11.7. The van der Waals surface area contributed by atoms with Crippen molar-refractivity contribution >= 4 is 11.9 Å². The van der Waals surface area contributed by atoms with Crippen molar-refractivity contribution in [2.24, 2.45) is 5.41 Å². The largest absolute Gasteiger partial charge is 0.463 e. The molecule has 1 N–H and O–H groups in total. The Morgan fingerprint density at radius 1 is 1.10 bits per heavy atom. The molecule has 5 nitrogen and oxygen atoms in total. The fraction of sp³-hybridized carbons (Fsp3) is 0.733. The van der Waals surface area contributed by atoms with Crippen LogP contribution in [0.1, 0.15) is 53.4 Å². The van der Waals surface area contributed by atoms with E-state index >= 15 is 0 Å². The summed E-state index contributed by atoms with van der Waals surface area (Å²) in [6.45, 7) is 7.63. The second-order valence-electron chi connectivity index (χ2n) is 5.53. The van der Waals surface area contributed by atoms with Crippen molar-refractivity contribution in [3.8, 4) is 0 Å². The minimum absolute atomic E-state index is 0.0249. The molecule has 5 heteroatoms. The van der Waals surface area contributed by atoms with Gasteiger partial charge in [-0.3, -0.25) is 9.59 Å². The molecule has 0 aromatic carbocycles. The van der Waals surface area contributed by atoms with Gasteiger partial charge in [0.25, 0.3) is 0 Å². The monoisotopic (exact) mass is 286 g/mol. The highest BCUT2D eigenvalue weighted by atomic mass is 16.5. The van der Waals surface area contributed by atoms with Crippen LogP contribution in [0.4, 0.5) is 0 Å². The summed E-state index contributed by atoms with van der Waals surface area (Å²) in [5.41, 5.74) is -0.196. The quantitative estimate of drug-likeness (QED) is 0.422. The molecule has 0 heterocycles. The highest BCUT2D eigenvalue weighted by Gasteiger charge is 2.20. The van der Waals surface area contributed by atoms with Gasteiger partial charge in [0.2, 0.25) is 0 Å². The van der Waals surface area contributed by atoms with Crippen LogP contribution in [0.25, 0.3) is 0 Å². The van der Waals surface area contributed by atoms with E-state index in [1.165, 1.54) is 0 Å². The summed E-state index contributed by atoms with van der Waals surface area (Å²) < 4.78 is 10.0. The van der Waals surface area contributed by atoms with E-state index in [1.807, 2.05) is 27.7 Å². The van der Waals surface area contributed by atoms with E-state index in [0.717, 1.165) is 0 Å². The molecular weight excluding hydrogens is 260 g/mol. The molecule has 0 saturated carbocycles. The van der Waals surface area contributed by atoms with Crippen molar-refractivity contribution in [3.63, 3.8) is 0 Å². The van der Waals surface area contributed by atoms with Crippen LogP contribution in [0.2, 0.25) is 0 Å². The first-order valence-electron chi connectivity index (χ1n) is 6.95. The zero-order valence-electron chi connectivity index (χ0n) is 12.9. The number of unbranched alkanes of at least 4 members (excludes halogenated alkanes) is 1. The Balaban J connectivity index is 3.87. The second kappa shape index (κ2) is 9.53. The van der Waals surface area contributed by atoms with Gasteiger partial charge in [0.05, 0.1) is 6.61 Å². The molecule has 0 atom stereocenters. The number of ether oxygens (including phenoxy) is 2. The minimum atomic E-state index is -0.351. The summed E-state index contributed by atoms with van der Waals surface area (Å²) in [7, 11) is 0. The van der Waals surface area contributed by atoms with Crippen LogP contribution in [0.3, 0.4) is 0 Å². The second-order valence-corrected chi connectivity index (χ2v) is 5.53. The maximum atomic E-state index is 11.7. The molecule has 0 radical (unpaired) electrons. The van der Waals surface area contributed by atoms with Gasteiger partial charge in [-0.2, -0.15) is 0 Å². The van der Waals surface area contributed by atoms with Gasteiger partial charge in [0, 0.05) is 18.3 Å². The van der Waals surface area contributed by atoms with Gasteiger partial charge in [-0.05, 0) is 25.8 Å². The first-order valence-corrected chi connectivity index (χ1v) is 6.95. The number of rotatable bonds is 8. The Hall–Kier alpha value is -1.36. The zero-order valence-corrected chi connectivity index (χ0v) is 12.9. The third-order valence-corrected chi connectivity index (χ3v) is 2.59. The van der Waals surface area contributed by atoms with Crippen LogP contribution < -0.4 is 0 Å². The van der Waals surface area contributed by atoms with Gasteiger partial charge < -0.3 is 14.6 Å². The standard InChI is InChI=1S/C15H26O5/c1-5-12(15(2,3)4)20-14(18)9-7-6-8-13(17)19-11-10-16/h5,16H,6-11H2,1-4H3. The number of carbonyl (C=O) groups is 2. The lowest BCUT2D eigenvalue weighted by Gasteiger charge is -2.21. The molecule has 0 bridgehead atoms. The van der Waals surface area contributed by atoms with Gasteiger partial charge in [0.1, 0.15) is 12.4 Å². The first kappa shape index (κ1) is 18.6. The number of esters is 2. The van der Waals surface area contributed by atoms with Crippen LogP contribution in [-0.2, 0) is 19.1 Å². The van der Waals surface area contributed by atoms with Crippen LogP contribution in [-0.4, -0.2) is 30.3 Å². The predicted octanol–water partition coefficient (Wildman–Crippen LogP) is 2.58. The number of hydrogen-bond donors (Lipinski definition) is 1. The van der Waals surface area contributed by atoms with Crippen molar-refractivity contribution < 1.29 is 24.2 Å². The maximum Gasteiger partial charge on any atom is 0.310 e. The number of allylic oxidation sites excluding steroid dienone is 2. The molecule has 0 unspecified atom stereocenters. The Labute approximate surface area is 121 Å². The molecular formula is C15H26O5. The van der Waals surface area contributed by atoms with Crippen molar-refractivity contribution in [3.05, 3.63) is 11.8 Å². The summed E-state index contributed by atoms with van der Waals surface area (Å²) in [5, 5.41) is 8.49. The molecule has 0 saturated heterocycles. The highest BCUT2D eigenvalue weighted by molar-refractivity contribution is 5.71. The van der Waals surface area contributed by atoms with E-state index < -0.39 is 0 Å². The van der Waals surface area contributed by atoms with Gasteiger partial charge in [-0.1, -0.05) is 20.8 Å². The summed E-state index contributed by atoms with van der Waals surface area (Å²) >= 11 is 0. The van der Waals surface area contributed by atoms with Crippen LogP contribution in [0.15, 0.2) is 11.8 Å². The first-order chi connectivity index (χ1) is 9.31. The third kappa shape index (κ3) is 8.69. The molecule has 0 aliphatic carbocycles. The number of aliphatic hydroxyl groups excluding tert-OH is 1. The smallest absolute Gasteiger partial charge is 0.310 e. The normalized spacial score (nSPS) is 12.2. The SMILES string of the molecule is CC=C(OC(=O)CCCCC(=O)OCCO)C(C)(C)C. The predicted molar refractivity (Wildman–Crippen MR) is 75.8 cm³/mol. The zero-order chi connectivity index (χ0) is 15.6. The number of aliphatic hydroxyl groups is 1. The molecule has 0 fully saturated rings. The van der Waals surface area contributed by atoms with Crippen molar-refractivity contribution in [1.29, 1.82) is 0 Å². The van der Waals surface area contributed by atoms with Gasteiger partial charge >= 0.3 is 11.9 Å². The minimum Gasteiger partial charge on any atom is -0.463 e. The topological polar surface area (TPSA) is 72.8 Å². The molecule has 20 heavy (non-hydrogen) atoms.